The van der Waals surface area contributed by atoms with Gasteiger partial charge in [-0.05, 0) is 0 Å². The average Bonchev–Trinajstić information content (AvgIpc) is 2.62. The van der Waals surface area contributed by atoms with Gasteiger partial charge in [0.1, 0.15) is 0 Å². The van der Waals surface area contributed by atoms with E-state index in [1.165, 1.54) is 32.3 Å². The van der Waals surface area contributed by atoms with Crippen LogP contribution in [0.1, 0.15) is 46.1 Å². The van der Waals surface area contributed by atoms with Gasteiger partial charge in [0.2, 0.25) is 0 Å². The normalized spacial score (nSPS) is 13.5. The fourth-order valence-electron chi connectivity index (χ4n) is 3.42. The molecule has 0 saturated heterocycles. The number of rotatable bonds is 8. The summed E-state index contributed by atoms with van der Waals surface area (Å²) in [6.07, 6.45) is 2.29. The molecule has 0 aliphatic rings. The SMILES string of the molecule is COc1cccc([C@H](C)SC)c1[Se]CC(OC)c1c(C)cc(C)cc1C. The molecule has 0 fully saturated rings. The summed E-state index contributed by atoms with van der Waals surface area (Å²) in [6, 6.07) is 10.9. The Bertz CT molecular complexity index is 722. The van der Waals surface area contributed by atoms with Crippen LogP contribution < -0.4 is 9.20 Å². The number of benzene rings is 2. The summed E-state index contributed by atoms with van der Waals surface area (Å²) in [6.45, 7) is 8.80. The molecule has 0 radical (unpaired) electrons. The van der Waals surface area contributed by atoms with Crippen molar-refractivity contribution in [3.05, 3.63) is 58.1 Å². The van der Waals surface area contributed by atoms with Gasteiger partial charge in [-0.3, -0.25) is 0 Å². The van der Waals surface area contributed by atoms with E-state index in [4.69, 9.17) is 9.47 Å². The van der Waals surface area contributed by atoms with Crippen LogP contribution >= 0.6 is 11.8 Å². The number of hydrogen-bond donors (Lipinski definition) is 0. The summed E-state index contributed by atoms with van der Waals surface area (Å²) < 4.78 is 13.0. The van der Waals surface area contributed by atoms with Crippen LogP contribution in [-0.2, 0) is 4.74 Å². The zero-order chi connectivity index (χ0) is 19.3. The van der Waals surface area contributed by atoms with Crippen LogP contribution in [0.25, 0.3) is 0 Å². The zero-order valence-corrected chi connectivity index (χ0v) is 19.4. The van der Waals surface area contributed by atoms with Crippen molar-refractivity contribution in [2.24, 2.45) is 0 Å². The molecule has 0 spiro atoms. The van der Waals surface area contributed by atoms with E-state index >= 15 is 0 Å². The molecule has 0 heterocycles. The molecule has 4 heteroatoms. The van der Waals surface area contributed by atoms with Crippen molar-refractivity contribution < 1.29 is 9.47 Å². The summed E-state index contributed by atoms with van der Waals surface area (Å²) in [7, 11) is 3.59. The predicted molar refractivity (Wildman–Crippen MR) is 116 cm³/mol. The van der Waals surface area contributed by atoms with Crippen molar-refractivity contribution in [3.8, 4) is 5.75 Å². The fourth-order valence-corrected chi connectivity index (χ4v) is 6.82. The molecule has 0 aliphatic heterocycles. The molecule has 0 bridgehead atoms. The molecular formula is C22H30O2SSe. The third-order valence-electron chi connectivity index (χ3n) is 4.74. The van der Waals surface area contributed by atoms with E-state index in [2.05, 4.69) is 64.3 Å². The molecule has 1 unspecified atom stereocenters. The molecule has 2 nitrogen and oxygen atoms in total. The second-order valence-electron chi connectivity index (χ2n) is 6.60. The molecule has 0 amide bonds. The Morgan fingerprint density at radius 1 is 1.08 bits per heavy atom. The molecule has 142 valence electrons. The van der Waals surface area contributed by atoms with Crippen molar-refractivity contribution in [3.63, 3.8) is 0 Å². The minimum atomic E-state index is 0.123. The van der Waals surface area contributed by atoms with Gasteiger partial charge in [-0.15, -0.1) is 0 Å². The molecular weight excluding hydrogens is 407 g/mol. The van der Waals surface area contributed by atoms with Gasteiger partial charge >= 0.3 is 169 Å². The van der Waals surface area contributed by atoms with Gasteiger partial charge in [0.25, 0.3) is 0 Å². The van der Waals surface area contributed by atoms with E-state index < -0.39 is 0 Å². The predicted octanol–water partition coefficient (Wildman–Crippen LogP) is 5.18. The van der Waals surface area contributed by atoms with Crippen LogP contribution in [0, 0.1) is 20.8 Å². The van der Waals surface area contributed by atoms with Gasteiger partial charge in [0.05, 0.1) is 0 Å². The van der Waals surface area contributed by atoms with Crippen LogP contribution in [0.5, 0.6) is 5.75 Å². The zero-order valence-electron chi connectivity index (χ0n) is 16.9. The van der Waals surface area contributed by atoms with Gasteiger partial charge in [0, 0.05) is 0 Å². The second kappa shape index (κ2) is 9.85. The van der Waals surface area contributed by atoms with Gasteiger partial charge in [-0.25, -0.2) is 0 Å². The summed E-state index contributed by atoms with van der Waals surface area (Å²) in [5.41, 5.74) is 6.69. The Balaban J connectivity index is 2.32. The molecule has 0 aliphatic carbocycles. The molecule has 2 aromatic rings. The molecule has 26 heavy (non-hydrogen) atoms. The maximum absolute atomic E-state index is 5.93. The van der Waals surface area contributed by atoms with E-state index in [9.17, 15) is 0 Å². The van der Waals surface area contributed by atoms with E-state index in [-0.39, 0.29) is 21.1 Å². The van der Waals surface area contributed by atoms with E-state index in [0.717, 1.165) is 11.1 Å². The molecule has 0 aromatic heterocycles. The Labute approximate surface area is 169 Å². The monoisotopic (exact) mass is 438 g/mol. The minimum absolute atomic E-state index is 0.123. The van der Waals surface area contributed by atoms with Crippen molar-refractivity contribution >= 4 is 31.2 Å². The van der Waals surface area contributed by atoms with Gasteiger partial charge in [-0.1, -0.05) is 0 Å². The number of methoxy groups -OCH3 is 2. The summed E-state index contributed by atoms with van der Waals surface area (Å²) >= 11 is 2.15. The third-order valence-corrected chi connectivity index (χ3v) is 8.21. The Hall–Kier alpha value is -0.931. The van der Waals surface area contributed by atoms with Crippen molar-refractivity contribution in [1.29, 1.82) is 0 Å². The fraction of sp³-hybridized carbons (Fsp3) is 0.455. The first kappa shape index (κ1) is 21.4. The molecule has 2 aromatic carbocycles. The van der Waals surface area contributed by atoms with Crippen LogP contribution in [0.4, 0.5) is 0 Å². The number of ether oxygens (including phenoxy) is 2. The number of hydrogen-bond acceptors (Lipinski definition) is 3. The first-order valence-corrected chi connectivity index (χ1v) is 12.2. The van der Waals surface area contributed by atoms with Crippen LogP contribution in [0.3, 0.4) is 0 Å². The Morgan fingerprint density at radius 2 is 1.73 bits per heavy atom. The third kappa shape index (κ3) is 4.86. The van der Waals surface area contributed by atoms with E-state index in [1.54, 1.807) is 7.11 Å². The van der Waals surface area contributed by atoms with Crippen LogP contribution in [0.2, 0.25) is 5.32 Å². The second-order valence-corrected chi connectivity index (χ2v) is 9.94. The Kier molecular flexibility index (Phi) is 8.09. The standard InChI is InChI=1S/C22H30O2SSe/c1-14-11-15(2)21(16(3)12-14)20(24-6)13-26-22-18(17(4)25-7)9-8-10-19(22)23-5/h8-12,17,20H,13H2,1-7H3/t17-,20?/m0/s1. The van der Waals surface area contributed by atoms with E-state index in [1.807, 2.05) is 18.9 Å². The summed E-state index contributed by atoms with van der Waals surface area (Å²) in [4.78, 5) is 0. The molecule has 0 saturated carbocycles. The van der Waals surface area contributed by atoms with E-state index in [0.29, 0.717) is 5.25 Å². The summed E-state index contributed by atoms with van der Waals surface area (Å²) in [5, 5.41) is 1.47. The van der Waals surface area contributed by atoms with Crippen molar-refractivity contribution in [2.75, 3.05) is 20.5 Å². The average molecular weight is 438 g/mol. The number of aryl methyl sites for hydroxylation is 3. The van der Waals surface area contributed by atoms with Gasteiger partial charge < -0.3 is 0 Å². The maximum atomic E-state index is 5.93. The molecule has 0 N–H and O–H groups in total. The van der Waals surface area contributed by atoms with Gasteiger partial charge in [-0.2, -0.15) is 0 Å². The quantitative estimate of drug-likeness (QED) is 0.530. The number of thioether (sulfide) groups is 1. The van der Waals surface area contributed by atoms with Crippen molar-refractivity contribution in [2.45, 2.75) is 44.4 Å². The van der Waals surface area contributed by atoms with Crippen LogP contribution in [-0.4, -0.2) is 35.4 Å². The Morgan fingerprint density at radius 3 is 2.27 bits per heavy atom. The first-order valence-electron chi connectivity index (χ1n) is 8.85. The topological polar surface area (TPSA) is 18.5 Å². The van der Waals surface area contributed by atoms with Crippen molar-refractivity contribution in [1.82, 2.24) is 0 Å². The summed E-state index contributed by atoms with van der Waals surface area (Å²) in [5.74, 6) is 1.01. The van der Waals surface area contributed by atoms with Gasteiger partial charge in [0.15, 0.2) is 0 Å². The molecule has 2 atom stereocenters. The molecule has 2 rings (SSSR count). The first-order chi connectivity index (χ1) is 12.4. The van der Waals surface area contributed by atoms with Crippen LogP contribution in [0.15, 0.2) is 30.3 Å².